The smallest absolute Gasteiger partial charge is 0.0476 e. The van der Waals surface area contributed by atoms with Gasteiger partial charge in [0.05, 0.1) is 0 Å². The van der Waals surface area contributed by atoms with Crippen molar-refractivity contribution in [3.05, 3.63) is 29.6 Å². The Balaban J connectivity index is 2.81. The quantitative estimate of drug-likeness (QED) is 0.775. The maximum Gasteiger partial charge on any atom is 0.0476 e. The molecule has 1 N–H and O–H groups in total. The molecular weight excluding hydrogens is 172 g/mol. The summed E-state index contributed by atoms with van der Waals surface area (Å²) in [6, 6.07) is 4.14. The second kappa shape index (κ2) is 5.76. The third-order valence-electron chi connectivity index (χ3n) is 2.52. The van der Waals surface area contributed by atoms with Crippen LogP contribution in [0, 0.1) is 6.92 Å². The van der Waals surface area contributed by atoms with E-state index in [1.807, 2.05) is 19.3 Å². The molecule has 0 saturated heterocycles. The summed E-state index contributed by atoms with van der Waals surface area (Å²) in [5.41, 5.74) is 2.56. The monoisotopic (exact) mass is 192 g/mol. The van der Waals surface area contributed by atoms with Crippen LogP contribution in [0.25, 0.3) is 0 Å². The zero-order chi connectivity index (χ0) is 10.4. The molecule has 0 bridgehead atoms. The molecule has 0 fully saturated rings. The molecule has 2 nitrogen and oxygen atoms in total. The van der Waals surface area contributed by atoms with Gasteiger partial charge >= 0.3 is 0 Å². The van der Waals surface area contributed by atoms with E-state index >= 15 is 0 Å². The number of aromatic nitrogens is 1. The van der Waals surface area contributed by atoms with E-state index in [2.05, 4.69) is 30.2 Å². The summed E-state index contributed by atoms with van der Waals surface area (Å²) < 4.78 is 0. The zero-order valence-electron chi connectivity index (χ0n) is 9.38. The van der Waals surface area contributed by atoms with Crippen LogP contribution in [0.5, 0.6) is 0 Å². The highest BCUT2D eigenvalue weighted by Gasteiger charge is 2.12. The van der Waals surface area contributed by atoms with Crippen molar-refractivity contribution in [2.75, 3.05) is 13.6 Å². The number of hydrogen-bond acceptors (Lipinski definition) is 2. The minimum Gasteiger partial charge on any atom is -0.319 e. The Labute approximate surface area is 86.8 Å². The number of likely N-dealkylation sites (N-methyl/N-ethyl adjacent to an activating group) is 1. The van der Waals surface area contributed by atoms with Gasteiger partial charge in [0.15, 0.2) is 0 Å². The van der Waals surface area contributed by atoms with E-state index in [0.717, 1.165) is 6.54 Å². The van der Waals surface area contributed by atoms with Gasteiger partial charge in [-0.2, -0.15) is 0 Å². The summed E-state index contributed by atoms with van der Waals surface area (Å²) in [6.07, 6.45) is 4.31. The van der Waals surface area contributed by atoms with Gasteiger partial charge < -0.3 is 5.32 Å². The number of aryl methyl sites for hydroxylation is 1. The summed E-state index contributed by atoms with van der Waals surface area (Å²) in [5.74, 6) is 0.561. The van der Waals surface area contributed by atoms with Crippen molar-refractivity contribution in [1.82, 2.24) is 10.3 Å². The Hall–Kier alpha value is -0.890. The molecule has 78 valence electrons. The third-order valence-corrected chi connectivity index (χ3v) is 2.52. The van der Waals surface area contributed by atoms with Crippen LogP contribution in [0.2, 0.25) is 0 Å². The van der Waals surface area contributed by atoms with Crippen LogP contribution in [0.3, 0.4) is 0 Å². The molecule has 0 aliphatic rings. The third kappa shape index (κ3) is 2.81. The molecule has 0 saturated carbocycles. The van der Waals surface area contributed by atoms with Crippen molar-refractivity contribution >= 4 is 0 Å². The van der Waals surface area contributed by atoms with E-state index in [1.165, 1.54) is 24.1 Å². The standard InChI is InChI=1S/C12H20N2/c1-4-6-11(9-13-3)12-10(2)7-5-8-14-12/h5,7-8,11,13H,4,6,9H2,1-3H3. The van der Waals surface area contributed by atoms with Crippen LogP contribution in [-0.2, 0) is 0 Å². The molecule has 14 heavy (non-hydrogen) atoms. The molecule has 1 atom stereocenters. The predicted molar refractivity (Wildman–Crippen MR) is 60.5 cm³/mol. The molecule has 0 amide bonds. The molecular formula is C12H20N2. The van der Waals surface area contributed by atoms with Gasteiger partial charge in [-0.05, 0) is 32.0 Å². The second-order valence-electron chi connectivity index (χ2n) is 3.75. The van der Waals surface area contributed by atoms with Crippen molar-refractivity contribution in [1.29, 1.82) is 0 Å². The van der Waals surface area contributed by atoms with Crippen molar-refractivity contribution in [3.8, 4) is 0 Å². The van der Waals surface area contributed by atoms with E-state index in [1.54, 1.807) is 0 Å². The van der Waals surface area contributed by atoms with Crippen molar-refractivity contribution in [2.45, 2.75) is 32.6 Å². The number of pyridine rings is 1. The fourth-order valence-electron chi connectivity index (χ4n) is 1.86. The zero-order valence-corrected chi connectivity index (χ0v) is 9.38. The van der Waals surface area contributed by atoms with Crippen LogP contribution in [0.1, 0.15) is 36.9 Å². The fraction of sp³-hybridized carbons (Fsp3) is 0.583. The van der Waals surface area contributed by atoms with Gasteiger partial charge in [0.2, 0.25) is 0 Å². The summed E-state index contributed by atoms with van der Waals surface area (Å²) in [4.78, 5) is 4.48. The SMILES string of the molecule is CCCC(CNC)c1ncccc1C. The van der Waals surface area contributed by atoms with Gasteiger partial charge in [-0.3, -0.25) is 4.98 Å². The first-order valence-electron chi connectivity index (χ1n) is 5.35. The fourth-order valence-corrected chi connectivity index (χ4v) is 1.86. The lowest BCUT2D eigenvalue weighted by atomic mass is 9.96. The highest BCUT2D eigenvalue weighted by atomic mass is 14.8. The largest absolute Gasteiger partial charge is 0.319 e. The minimum absolute atomic E-state index is 0.561. The van der Waals surface area contributed by atoms with Crippen LogP contribution in [-0.4, -0.2) is 18.6 Å². The summed E-state index contributed by atoms with van der Waals surface area (Å²) in [6.45, 7) is 5.38. The normalized spacial score (nSPS) is 12.8. The number of nitrogens with zero attached hydrogens (tertiary/aromatic N) is 1. The van der Waals surface area contributed by atoms with Crippen LogP contribution in [0.15, 0.2) is 18.3 Å². The topological polar surface area (TPSA) is 24.9 Å². The number of rotatable bonds is 5. The maximum absolute atomic E-state index is 4.48. The first kappa shape index (κ1) is 11.2. The molecule has 1 aromatic rings. The highest BCUT2D eigenvalue weighted by molar-refractivity contribution is 5.21. The molecule has 1 unspecified atom stereocenters. The lowest BCUT2D eigenvalue weighted by molar-refractivity contribution is 0.561. The number of nitrogens with one attached hydrogen (secondary N) is 1. The summed E-state index contributed by atoms with van der Waals surface area (Å²) in [5, 5.41) is 3.24. The molecule has 0 aliphatic heterocycles. The van der Waals surface area contributed by atoms with Crippen molar-refractivity contribution < 1.29 is 0 Å². The molecule has 0 aliphatic carbocycles. The minimum atomic E-state index is 0.561. The molecule has 2 heteroatoms. The summed E-state index contributed by atoms with van der Waals surface area (Å²) in [7, 11) is 2.00. The molecule has 0 spiro atoms. The molecule has 1 aromatic heterocycles. The van der Waals surface area contributed by atoms with Crippen LogP contribution < -0.4 is 5.32 Å². The molecule has 1 heterocycles. The Morgan fingerprint density at radius 1 is 1.50 bits per heavy atom. The van der Waals surface area contributed by atoms with Crippen LogP contribution in [0.4, 0.5) is 0 Å². The molecule has 0 aromatic carbocycles. The predicted octanol–water partition coefficient (Wildman–Crippen LogP) is 2.49. The van der Waals surface area contributed by atoms with Crippen LogP contribution >= 0.6 is 0 Å². The number of hydrogen-bond donors (Lipinski definition) is 1. The second-order valence-corrected chi connectivity index (χ2v) is 3.75. The van der Waals surface area contributed by atoms with E-state index in [0.29, 0.717) is 5.92 Å². The summed E-state index contributed by atoms with van der Waals surface area (Å²) >= 11 is 0. The Bertz CT molecular complexity index is 265. The van der Waals surface area contributed by atoms with E-state index in [-0.39, 0.29) is 0 Å². The van der Waals surface area contributed by atoms with Crippen molar-refractivity contribution in [3.63, 3.8) is 0 Å². The molecule has 1 rings (SSSR count). The maximum atomic E-state index is 4.48. The lowest BCUT2D eigenvalue weighted by Crippen LogP contribution is -2.18. The Morgan fingerprint density at radius 3 is 2.86 bits per heavy atom. The van der Waals surface area contributed by atoms with Gasteiger partial charge in [-0.15, -0.1) is 0 Å². The average molecular weight is 192 g/mol. The van der Waals surface area contributed by atoms with Gasteiger partial charge in [-0.1, -0.05) is 19.4 Å². The first-order valence-corrected chi connectivity index (χ1v) is 5.35. The van der Waals surface area contributed by atoms with E-state index in [4.69, 9.17) is 0 Å². The van der Waals surface area contributed by atoms with Gasteiger partial charge in [0.1, 0.15) is 0 Å². The first-order chi connectivity index (χ1) is 6.79. The van der Waals surface area contributed by atoms with E-state index < -0.39 is 0 Å². The van der Waals surface area contributed by atoms with Gasteiger partial charge in [0.25, 0.3) is 0 Å². The highest BCUT2D eigenvalue weighted by Crippen LogP contribution is 2.21. The molecule has 0 radical (unpaired) electrons. The average Bonchev–Trinajstić information content (AvgIpc) is 2.18. The van der Waals surface area contributed by atoms with E-state index in [9.17, 15) is 0 Å². The van der Waals surface area contributed by atoms with Gasteiger partial charge in [-0.25, -0.2) is 0 Å². The van der Waals surface area contributed by atoms with Gasteiger partial charge in [0, 0.05) is 24.4 Å². The van der Waals surface area contributed by atoms with Crippen molar-refractivity contribution in [2.24, 2.45) is 0 Å². The lowest BCUT2D eigenvalue weighted by Gasteiger charge is -2.16. The Kier molecular flexibility index (Phi) is 4.60. The Morgan fingerprint density at radius 2 is 2.29 bits per heavy atom.